The Bertz CT molecular complexity index is 951. The number of hydrogen-bond acceptors (Lipinski definition) is 10. The Morgan fingerprint density at radius 1 is 1.08 bits per heavy atom. The van der Waals surface area contributed by atoms with Crippen LogP contribution in [0.4, 0.5) is 0 Å². The van der Waals surface area contributed by atoms with Crippen molar-refractivity contribution in [3.63, 3.8) is 0 Å². The number of aliphatic hydroxyl groups is 6. The van der Waals surface area contributed by atoms with E-state index in [1.165, 1.54) is 0 Å². The van der Waals surface area contributed by atoms with Gasteiger partial charge in [0.15, 0.2) is 5.78 Å². The molecule has 0 amide bonds. The predicted molar refractivity (Wildman–Crippen MR) is 123 cm³/mol. The lowest BCUT2D eigenvalue weighted by atomic mass is 9.39. The predicted octanol–water partition coefficient (Wildman–Crippen LogP) is -0.581. The number of aliphatic hydroxyl groups excluding tert-OH is 6. The topological polar surface area (TPSA) is 174 Å². The van der Waals surface area contributed by atoms with Crippen molar-refractivity contribution < 1.29 is 49.7 Å². The van der Waals surface area contributed by atoms with Gasteiger partial charge < -0.3 is 40.1 Å². The first-order valence-electron chi connectivity index (χ1n) is 12.9. The number of carbonyl (C=O) groups excluding carboxylic acids is 2. The van der Waals surface area contributed by atoms with E-state index in [0.717, 1.165) is 0 Å². The van der Waals surface area contributed by atoms with Crippen molar-refractivity contribution in [3.8, 4) is 0 Å². The quantitative estimate of drug-likeness (QED) is 0.213. The number of allylic oxidation sites excluding steroid dienone is 1. The summed E-state index contributed by atoms with van der Waals surface area (Å²) in [5.41, 5.74) is -2.42. The molecule has 1 saturated heterocycles. The van der Waals surface area contributed by atoms with Crippen LogP contribution in [0.2, 0.25) is 0 Å². The molecule has 1 heterocycles. The van der Waals surface area contributed by atoms with E-state index in [0.29, 0.717) is 37.7 Å². The molecule has 0 unspecified atom stereocenters. The minimum atomic E-state index is -1.72. The van der Waals surface area contributed by atoms with E-state index in [1.54, 1.807) is 6.92 Å². The maximum Gasteiger partial charge on any atom is 0.314 e. The first kappa shape index (κ1) is 26.2. The zero-order valence-corrected chi connectivity index (χ0v) is 20.7. The fourth-order valence-corrected chi connectivity index (χ4v) is 8.79. The van der Waals surface area contributed by atoms with Crippen molar-refractivity contribution in [2.24, 2.45) is 34.0 Å². The van der Waals surface area contributed by atoms with Gasteiger partial charge >= 0.3 is 5.97 Å². The van der Waals surface area contributed by atoms with Gasteiger partial charge in [-0.15, -0.1) is 0 Å². The van der Waals surface area contributed by atoms with Gasteiger partial charge in [0, 0.05) is 5.92 Å². The third-order valence-corrected chi connectivity index (χ3v) is 10.5. The van der Waals surface area contributed by atoms with Gasteiger partial charge in [0.2, 0.25) is 6.29 Å². The molecule has 2 bridgehead atoms. The van der Waals surface area contributed by atoms with Crippen molar-refractivity contribution >= 4 is 11.8 Å². The van der Waals surface area contributed by atoms with Gasteiger partial charge in [0.1, 0.15) is 24.4 Å². The van der Waals surface area contributed by atoms with Crippen LogP contribution in [0.3, 0.4) is 0 Å². The molecule has 1 spiro atoms. The number of carbonyl (C=O) groups is 2. The Morgan fingerprint density at radius 2 is 1.78 bits per heavy atom. The number of Topliss-reactive ketones (excluding diaryl/α,β-unsaturated/α-hetero) is 1. The lowest BCUT2D eigenvalue weighted by molar-refractivity contribution is -0.299. The smallest absolute Gasteiger partial charge is 0.314 e. The molecule has 0 aromatic heterocycles. The third kappa shape index (κ3) is 3.28. The van der Waals surface area contributed by atoms with E-state index >= 15 is 0 Å². The Labute approximate surface area is 209 Å². The molecule has 202 valence electrons. The van der Waals surface area contributed by atoms with Crippen LogP contribution in [0, 0.1) is 34.0 Å². The van der Waals surface area contributed by atoms with Crippen molar-refractivity contribution in [1.82, 2.24) is 0 Å². The minimum absolute atomic E-state index is 0.148. The zero-order chi connectivity index (χ0) is 26.4. The summed E-state index contributed by atoms with van der Waals surface area (Å²) >= 11 is 0. The fraction of sp³-hybridized carbons (Fsp3) is 0.846. The summed E-state index contributed by atoms with van der Waals surface area (Å²) in [5, 5.41) is 62.7. The minimum Gasteiger partial charge on any atom is -0.432 e. The van der Waals surface area contributed by atoms with E-state index in [2.05, 4.69) is 6.58 Å². The summed E-state index contributed by atoms with van der Waals surface area (Å²) in [7, 11) is 0. The van der Waals surface area contributed by atoms with Gasteiger partial charge in [-0.2, -0.15) is 0 Å². The van der Waals surface area contributed by atoms with E-state index in [-0.39, 0.29) is 18.1 Å². The Morgan fingerprint density at radius 3 is 2.44 bits per heavy atom. The fourth-order valence-electron chi connectivity index (χ4n) is 8.79. The highest BCUT2D eigenvalue weighted by molar-refractivity contribution is 6.03. The van der Waals surface area contributed by atoms with E-state index in [9.17, 15) is 40.2 Å². The molecule has 4 saturated carbocycles. The van der Waals surface area contributed by atoms with Crippen molar-refractivity contribution in [1.29, 1.82) is 0 Å². The molecular formula is C26H38O10. The van der Waals surface area contributed by atoms with Gasteiger partial charge in [0.25, 0.3) is 0 Å². The first-order chi connectivity index (χ1) is 16.8. The lowest BCUT2D eigenvalue weighted by Gasteiger charge is -2.65. The Balaban J connectivity index is 1.46. The summed E-state index contributed by atoms with van der Waals surface area (Å²) < 4.78 is 11.0. The average molecular weight is 511 g/mol. The number of esters is 1. The highest BCUT2D eigenvalue weighted by Crippen LogP contribution is 2.71. The van der Waals surface area contributed by atoms with Crippen molar-refractivity contribution in [2.75, 3.05) is 6.61 Å². The van der Waals surface area contributed by atoms with Crippen LogP contribution in [0.25, 0.3) is 0 Å². The number of rotatable bonds is 3. The van der Waals surface area contributed by atoms with Crippen LogP contribution in [0.15, 0.2) is 12.2 Å². The highest BCUT2D eigenvalue weighted by Gasteiger charge is 2.73. The Hall–Kier alpha value is -1.40. The van der Waals surface area contributed by atoms with E-state index in [4.69, 9.17) is 9.47 Å². The number of ether oxygens (including phenoxy) is 2. The SMILES string of the molecule is C=C1C(=O)[C@]23C[C@H]1C[C@H](O)[C@H]2[C@]1(C)CCC[C@@](C)(C(=O)O[C@@H]2O[C@H](CO)[C@@H](O)[C@H](O)[C@H]2O)[C@H]1C[C@H]3O. The number of hydrogen-bond donors (Lipinski definition) is 6. The molecule has 13 atom stereocenters. The summed E-state index contributed by atoms with van der Waals surface area (Å²) in [5.74, 6) is -1.99. The van der Waals surface area contributed by atoms with Crippen LogP contribution in [0.5, 0.6) is 0 Å². The van der Waals surface area contributed by atoms with Gasteiger partial charge in [0.05, 0.1) is 29.6 Å². The molecule has 10 nitrogen and oxygen atoms in total. The summed E-state index contributed by atoms with van der Waals surface area (Å²) in [6, 6.07) is 0. The third-order valence-electron chi connectivity index (χ3n) is 10.5. The molecule has 36 heavy (non-hydrogen) atoms. The summed E-state index contributed by atoms with van der Waals surface area (Å²) in [6.07, 6.45) is -6.91. The molecule has 5 rings (SSSR count). The Kier molecular flexibility index (Phi) is 6.23. The second-order valence-electron chi connectivity index (χ2n) is 12.3. The molecule has 1 aliphatic heterocycles. The molecule has 0 radical (unpaired) electrons. The second kappa shape index (κ2) is 8.56. The van der Waals surface area contributed by atoms with Crippen LogP contribution in [-0.4, -0.2) is 91.9 Å². The highest BCUT2D eigenvalue weighted by atomic mass is 16.7. The molecule has 0 aromatic rings. The molecule has 5 aliphatic rings. The van der Waals surface area contributed by atoms with Gasteiger partial charge in [-0.25, -0.2) is 0 Å². The van der Waals surface area contributed by atoms with Gasteiger partial charge in [-0.1, -0.05) is 19.9 Å². The van der Waals surface area contributed by atoms with Crippen molar-refractivity contribution in [2.45, 2.75) is 95.3 Å². The molecule has 5 fully saturated rings. The number of fused-ring (bicyclic) bond motifs is 3. The van der Waals surface area contributed by atoms with Crippen molar-refractivity contribution in [3.05, 3.63) is 12.2 Å². The molecule has 4 aliphatic carbocycles. The zero-order valence-electron chi connectivity index (χ0n) is 20.7. The molecule has 0 aromatic carbocycles. The van der Waals surface area contributed by atoms with E-state index < -0.39 is 83.6 Å². The first-order valence-corrected chi connectivity index (χ1v) is 12.9. The standard InChI is InChI=1S/C26H38O10/c1-11-12-7-13(28)20-24(2)5-4-6-25(3,15(24)8-16(29)26(20,9-12)21(11)33)23(34)36-22-19(32)18(31)17(30)14(10-27)35-22/h12-20,22,27-32H,1,4-10H2,2-3H3/t12-,13+,14-,15+,16-,17-,18+,19-,20+,22+,24-,25-,26+/m1/s1. The van der Waals surface area contributed by atoms with Crippen LogP contribution >= 0.6 is 0 Å². The summed E-state index contributed by atoms with van der Waals surface area (Å²) in [6.45, 7) is 7.05. The lowest BCUT2D eigenvalue weighted by Crippen LogP contribution is -2.67. The molecule has 10 heteroatoms. The van der Waals surface area contributed by atoms with E-state index in [1.807, 2.05) is 6.92 Å². The average Bonchev–Trinajstić information content (AvgIpc) is 3.02. The number of ketones is 1. The molecular weight excluding hydrogens is 472 g/mol. The van der Waals surface area contributed by atoms with Crippen LogP contribution in [-0.2, 0) is 19.1 Å². The monoisotopic (exact) mass is 510 g/mol. The molecule has 6 N–H and O–H groups in total. The summed E-state index contributed by atoms with van der Waals surface area (Å²) in [4.78, 5) is 27.1. The normalized spacial score (nSPS) is 54.6. The second-order valence-corrected chi connectivity index (χ2v) is 12.3. The van der Waals surface area contributed by atoms with Gasteiger partial charge in [-0.3, -0.25) is 9.59 Å². The largest absolute Gasteiger partial charge is 0.432 e. The van der Waals surface area contributed by atoms with Gasteiger partial charge in [-0.05, 0) is 61.9 Å². The maximum absolute atomic E-state index is 13.7. The van der Waals surface area contributed by atoms with Crippen LogP contribution in [0.1, 0.15) is 52.4 Å². The van der Waals surface area contributed by atoms with Crippen LogP contribution < -0.4 is 0 Å². The maximum atomic E-state index is 13.7.